The number of hydrogen-bond donors (Lipinski definition) is 2. The lowest BCUT2D eigenvalue weighted by molar-refractivity contribution is -0.00565. The number of pyridine rings is 1. The van der Waals surface area contributed by atoms with Crippen molar-refractivity contribution in [2.45, 2.75) is 50.7 Å². The maximum atomic E-state index is 13.9. The molecule has 3 aliphatic rings. The Labute approximate surface area is 188 Å². The van der Waals surface area contributed by atoms with Crippen LogP contribution in [0.15, 0.2) is 29.2 Å². The number of nitrogens with one attached hydrogen (secondary N) is 1. The Morgan fingerprint density at radius 3 is 2.55 bits per heavy atom. The van der Waals surface area contributed by atoms with Crippen LogP contribution < -0.4 is 15.8 Å². The van der Waals surface area contributed by atoms with Crippen LogP contribution in [0.4, 0.5) is 8.78 Å². The molecule has 0 bridgehead atoms. The summed E-state index contributed by atoms with van der Waals surface area (Å²) in [6, 6.07) is 2.98. The van der Waals surface area contributed by atoms with Gasteiger partial charge in [0.25, 0.3) is 11.8 Å². The monoisotopic (exact) mass is 458 g/mol. The number of halogens is 2. The molecule has 0 aliphatic carbocycles. The van der Waals surface area contributed by atoms with E-state index in [0.717, 1.165) is 44.6 Å². The van der Waals surface area contributed by atoms with E-state index in [9.17, 15) is 28.3 Å². The quantitative estimate of drug-likeness (QED) is 0.736. The molecule has 0 unspecified atom stereocenters. The minimum absolute atomic E-state index is 0.0510. The molecule has 3 aliphatic heterocycles. The summed E-state index contributed by atoms with van der Waals surface area (Å²) in [6.45, 7) is 0.892. The molecule has 174 valence electrons. The van der Waals surface area contributed by atoms with Crippen molar-refractivity contribution in [1.82, 2.24) is 14.9 Å². The smallest absolute Gasteiger partial charge is 0.278 e. The van der Waals surface area contributed by atoms with Gasteiger partial charge in [-0.05, 0) is 44.6 Å². The van der Waals surface area contributed by atoms with E-state index in [1.807, 2.05) is 5.01 Å². The van der Waals surface area contributed by atoms with E-state index in [1.165, 1.54) is 16.9 Å². The van der Waals surface area contributed by atoms with Crippen molar-refractivity contribution in [1.29, 1.82) is 0 Å². The summed E-state index contributed by atoms with van der Waals surface area (Å²) in [5.41, 5.74) is -1.94. The number of hydrogen-bond acceptors (Lipinski definition) is 5. The van der Waals surface area contributed by atoms with Gasteiger partial charge in [0.15, 0.2) is 11.4 Å². The predicted molar refractivity (Wildman–Crippen MR) is 114 cm³/mol. The van der Waals surface area contributed by atoms with Crippen LogP contribution >= 0.6 is 0 Å². The topological polar surface area (TPSA) is 94.9 Å². The van der Waals surface area contributed by atoms with Gasteiger partial charge in [-0.25, -0.2) is 8.78 Å². The van der Waals surface area contributed by atoms with Crippen molar-refractivity contribution in [2.75, 3.05) is 18.1 Å². The number of carbonyl (C=O) groups is 2. The SMILES string of the molecule is O=C(NCc1ccc(F)cc1F)c1cn2c(c(O)c1=O)C(=O)N1CCCC[C@]13CCCCN23. The summed E-state index contributed by atoms with van der Waals surface area (Å²) in [5, 5.41) is 15.1. The van der Waals surface area contributed by atoms with Gasteiger partial charge in [0.05, 0.1) is 0 Å². The first kappa shape index (κ1) is 21.4. The molecule has 1 spiro atoms. The van der Waals surface area contributed by atoms with E-state index < -0.39 is 40.3 Å². The van der Waals surface area contributed by atoms with E-state index in [4.69, 9.17) is 0 Å². The Hall–Kier alpha value is -3.43. The van der Waals surface area contributed by atoms with Gasteiger partial charge in [0.1, 0.15) is 22.9 Å². The molecular formula is C23H24F2N4O4. The second kappa shape index (κ2) is 7.86. The Morgan fingerprint density at radius 1 is 1.09 bits per heavy atom. The number of benzene rings is 1. The minimum atomic E-state index is -0.965. The molecule has 8 nitrogen and oxygen atoms in total. The maximum absolute atomic E-state index is 13.9. The Balaban J connectivity index is 1.53. The highest BCUT2D eigenvalue weighted by molar-refractivity contribution is 5.99. The summed E-state index contributed by atoms with van der Waals surface area (Å²) in [7, 11) is 0. The van der Waals surface area contributed by atoms with Crippen LogP contribution in [0.25, 0.3) is 0 Å². The van der Waals surface area contributed by atoms with Crippen molar-refractivity contribution in [2.24, 2.45) is 0 Å². The fourth-order valence-corrected chi connectivity index (χ4v) is 5.36. The first-order valence-electron chi connectivity index (χ1n) is 11.1. The lowest BCUT2D eigenvalue weighted by Crippen LogP contribution is -2.73. The summed E-state index contributed by atoms with van der Waals surface area (Å²) < 4.78 is 28.5. The molecule has 4 heterocycles. The highest BCUT2D eigenvalue weighted by atomic mass is 19.1. The van der Waals surface area contributed by atoms with Gasteiger partial charge in [-0.1, -0.05) is 6.07 Å². The summed E-state index contributed by atoms with van der Waals surface area (Å²) >= 11 is 0. The van der Waals surface area contributed by atoms with Crippen molar-refractivity contribution >= 4 is 11.8 Å². The van der Waals surface area contributed by atoms with Gasteiger partial charge < -0.3 is 15.3 Å². The summed E-state index contributed by atoms with van der Waals surface area (Å²) in [5.74, 6) is -3.57. The van der Waals surface area contributed by atoms with E-state index >= 15 is 0 Å². The molecular weight excluding hydrogens is 434 g/mol. The molecule has 2 saturated heterocycles. The Bertz CT molecular complexity index is 1210. The van der Waals surface area contributed by atoms with Gasteiger partial charge >= 0.3 is 0 Å². The van der Waals surface area contributed by atoms with Crippen molar-refractivity contribution in [3.63, 3.8) is 0 Å². The van der Waals surface area contributed by atoms with E-state index in [-0.39, 0.29) is 23.4 Å². The third kappa shape index (κ3) is 3.27. The highest BCUT2D eigenvalue weighted by Gasteiger charge is 2.53. The lowest BCUT2D eigenvalue weighted by Gasteiger charge is -2.59. The average molecular weight is 458 g/mol. The second-order valence-corrected chi connectivity index (χ2v) is 8.81. The van der Waals surface area contributed by atoms with Crippen LogP contribution in [0.1, 0.15) is 64.9 Å². The summed E-state index contributed by atoms with van der Waals surface area (Å²) in [4.78, 5) is 40.8. The van der Waals surface area contributed by atoms with Crippen molar-refractivity contribution in [3.05, 3.63) is 63.1 Å². The normalized spacial score (nSPS) is 21.8. The average Bonchev–Trinajstić information content (AvgIpc) is 2.80. The van der Waals surface area contributed by atoms with Crippen LogP contribution in [-0.4, -0.2) is 45.2 Å². The van der Waals surface area contributed by atoms with Gasteiger partial charge in [-0.2, -0.15) is 0 Å². The van der Waals surface area contributed by atoms with Crippen molar-refractivity contribution in [3.8, 4) is 5.75 Å². The van der Waals surface area contributed by atoms with Crippen LogP contribution in [0.5, 0.6) is 5.75 Å². The number of piperidine rings is 2. The molecule has 0 radical (unpaired) electrons. The summed E-state index contributed by atoms with van der Waals surface area (Å²) in [6.07, 6.45) is 6.49. The number of carbonyl (C=O) groups excluding carboxylic acids is 2. The predicted octanol–water partition coefficient (Wildman–Crippen LogP) is 2.22. The molecule has 33 heavy (non-hydrogen) atoms. The van der Waals surface area contributed by atoms with Gasteiger partial charge in [-0.15, -0.1) is 0 Å². The molecule has 2 N–H and O–H groups in total. The largest absolute Gasteiger partial charge is 0.502 e. The van der Waals surface area contributed by atoms with Crippen LogP contribution in [0.3, 0.4) is 0 Å². The minimum Gasteiger partial charge on any atom is -0.502 e. The zero-order valence-electron chi connectivity index (χ0n) is 17.9. The first-order valence-corrected chi connectivity index (χ1v) is 11.1. The molecule has 1 atom stereocenters. The molecule has 1 aromatic carbocycles. The molecule has 2 aromatic rings. The van der Waals surface area contributed by atoms with Crippen molar-refractivity contribution < 1.29 is 23.5 Å². The van der Waals surface area contributed by atoms with E-state index in [1.54, 1.807) is 4.90 Å². The van der Waals surface area contributed by atoms with Gasteiger partial charge in [0.2, 0.25) is 5.43 Å². The van der Waals surface area contributed by atoms with E-state index in [2.05, 4.69) is 5.32 Å². The Kier molecular flexibility index (Phi) is 5.10. The van der Waals surface area contributed by atoms with Crippen LogP contribution in [0, 0.1) is 11.6 Å². The fraction of sp³-hybridized carbons (Fsp3) is 0.435. The second-order valence-electron chi connectivity index (χ2n) is 8.81. The molecule has 2 amide bonds. The fourth-order valence-electron chi connectivity index (χ4n) is 5.36. The number of rotatable bonds is 3. The highest BCUT2D eigenvalue weighted by Crippen LogP contribution is 2.42. The van der Waals surface area contributed by atoms with Crippen LogP contribution in [-0.2, 0) is 6.54 Å². The van der Waals surface area contributed by atoms with Gasteiger partial charge in [-0.3, -0.25) is 24.1 Å². The number of fused-ring (bicyclic) bond motifs is 2. The Morgan fingerprint density at radius 2 is 1.82 bits per heavy atom. The molecule has 5 rings (SSSR count). The molecule has 2 fully saturated rings. The van der Waals surface area contributed by atoms with E-state index in [0.29, 0.717) is 19.2 Å². The first-order chi connectivity index (χ1) is 15.8. The number of aromatic hydroxyl groups is 1. The number of aromatic nitrogens is 1. The third-order valence-corrected chi connectivity index (χ3v) is 6.96. The molecule has 1 aromatic heterocycles. The molecule has 10 heteroatoms. The third-order valence-electron chi connectivity index (χ3n) is 6.96. The number of nitrogens with zero attached hydrogens (tertiary/aromatic N) is 3. The zero-order valence-corrected chi connectivity index (χ0v) is 17.9. The standard InChI is InChI=1S/C23H24F2N4O4/c24-15-6-5-14(17(25)11-15)12-26-21(32)16-13-28-18(20(31)19(16)30)22(33)27-9-3-1-7-23(27)8-2-4-10-29(23)28/h5-6,11,13,31H,1-4,7-10,12H2,(H,26,32)/t23-/m0/s1. The zero-order chi connectivity index (χ0) is 23.3. The lowest BCUT2D eigenvalue weighted by atomic mass is 9.85. The van der Waals surface area contributed by atoms with Crippen LogP contribution in [0.2, 0.25) is 0 Å². The molecule has 0 saturated carbocycles. The van der Waals surface area contributed by atoms with Gasteiger partial charge in [0, 0.05) is 37.5 Å². The maximum Gasteiger partial charge on any atom is 0.278 e. The number of amides is 2.